The molecular formula is C28H43NO8. The molecule has 9 nitrogen and oxygen atoms in total. The molecule has 9 heteroatoms. The molecule has 0 aliphatic rings. The number of ether oxygens (including phenoxy) is 3. The molecule has 0 aliphatic heterocycles. The van der Waals surface area contributed by atoms with Gasteiger partial charge in [0.2, 0.25) is 0 Å². The van der Waals surface area contributed by atoms with E-state index in [1.54, 1.807) is 61.5 Å². The third-order valence-electron chi connectivity index (χ3n) is 6.13. The van der Waals surface area contributed by atoms with Crippen LogP contribution >= 0.6 is 0 Å². The van der Waals surface area contributed by atoms with Crippen molar-refractivity contribution in [3.05, 3.63) is 23.8 Å². The summed E-state index contributed by atoms with van der Waals surface area (Å²) < 4.78 is 16.6. The normalized spacial score (nSPS) is 15.4. The van der Waals surface area contributed by atoms with E-state index in [0.717, 1.165) is 0 Å². The maximum atomic E-state index is 12.7. The molecular weight excluding hydrogens is 478 g/mol. The summed E-state index contributed by atoms with van der Waals surface area (Å²) in [4.78, 5) is 49.5. The lowest BCUT2D eigenvalue weighted by Crippen LogP contribution is -2.41. The van der Waals surface area contributed by atoms with Crippen LogP contribution in [-0.4, -0.2) is 41.6 Å². The van der Waals surface area contributed by atoms with Crippen LogP contribution in [0.4, 0.5) is 0 Å². The summed E-state index contributed by atoms with van der Waals surface area (Å²) in [7, 11) is 0. The van der Waals surface area contributed by atoms with Gasteiger partial charge in [-0.3, -0.25) is 19.2 Å². The monoisotopic (exact) mass is 521 g/mol. The highest BCUT2D eigenvalue weighted by Gasteiger charge is 2.34. The van der Waals surface area contributed by atoms with Crippen LogP contribution in [0.25, 0.3) is 0 Å². The van der Waals surface area contributed by atoms with E-state index < -0.39 is 46.6 Å². The second-order valence-corrected chi connectivity index (χ2v) is 12.0. The SMILES string of the molecule is CC(C)C(C)C(=O)OCC(C)C(c1ccc(OC(=O)C(C)(C)C)c(OC(=O)C(C)(C)C)c1)[C@H](N)C(=O)O. The number of carboxylic acid groups (broad SMARTS) is 1. The molecule has 0 spiro atoms. The van der Waals surface area contributed by atoms with Gasteiger partial charge in [-0.15, -0.1) is 0 Å². The molecule has 0 amide bonds. The Morgan fingerprint density at radius 3 is 1.78 bits per heavy atom. The van der Waals surface area contributed by atoms with Crippen molar-refractivity contribution in [3.63, 3.8) is 0 Å². The molecule has 0 aromatic heterocycles. The van der Waals surface area contributed by atoms with Gasteiger partial charge in [0.1, 0.15) is 6.04 Å². The number of hydrogen-bond donors (Lipinski definition) is 2. The molecule has 3 unspecified atom stereocenters. The van der Waals surface area contributed by atoms with E-state index in [0.29, 0.717) is 5.56 Å². The summed E-state index contributed by atoms with van der Waals surface area (Å²) in [6.45, 7) is 17.4. The molecule has 4 atom stereocenters. The fraction of sp³-hybridized carbons (Fsp3) is 0.643. The third-order valence-corrected chi connectivity index (χ3v) is 6.13. The molecule has 37 heavy (non-hydrogen) atoms. The van der Waals surface area contributed by atoms with Crippen molar-refractivity contribution in [2.24, 2.45) is 34.3 Å². The molecule has 0 heterocycles. The Hall–Kier alpha value is -2.94. The topological polar surface area (TPSA) is 142 Å². The Balaban J connectivity index is 3.47. The number of hydrogen-bond acceptors (Lipinski definition) is 8. The summed E-state index contributed by atoms with van der Waals surface area (Å²) >= 11 is 0. The lowest BCUT2D eigenvalue weighted by molar-refractivity contribution is -0.151. The minimum absolute atomic E-state index is 0.0220. The van der Waals surface area contributed by atoms with Gasteiger partial charge in [0, 0.05) is 5.92 Å². The van der Waals surface area contributed by atoms with Gasteiger partial charge in [-0.2, -0.15) is 0 Å². The van der Waals surface area contributed by atoms with Crippen molar-refractivity contribution in [2.75, 3.05) is 6.61 Å². The first-order chi connectivity index (χ1) is 16.8. The number of aliphatic carboxylic acids is 1. The molecule has 1 aromatic rings. The van der Waals surface area contributed by atoms with E-state index in [2.05, 4.69) is 0 Å². The minimum Gasteiger partial charge on any atom is -0.480 e. The van der Waals surface area contributed by atoms with Crippen LogP contribution in [0, 0.1) is 28.6 Å². The number of carbonyl (C=O) groups excluding carboxylic acids is 3. The van der Waals surface area contributed by atoms with Gasteiger partial charge in [-0.25, -0.2) is 0 Å². The van der Waals surface area contributed by atoms with Crippen LogP contribution in [0.5, 0.6) is 11.5 Å². The fourth-order valence-electron chi connectivity index (χ4n) is 3.17. The maximum Gasteiger partial charge on any atom is 0.321 e. The van der Waals surface area contributed by atoms with Crippen molar-refractivity contribution in [3.8, 4) is 11.5 Å². The van der Waals surface area contributed by atoms with Crippen LogP contribution in [0.15, 0.2) is 18.2 Å². The summed E-state index contributed by atoms with van der Waals surface area (Å²) in [6.07, 6.45) is 0. The molecule has 208 valence electrons. The summed E-state index contributed by atoms with van der Waals surface area (Å²) in [6, 6.07) is 3.13. The molecule has 3 N–H and O–H groups in total. The van der Waals surface area contributed by atoms with Crippen LogP contribution in [-0.2, 0) is 23.9 Å². The number of nitrogens with two attached hydrogens (primary N) is 1. The van der Waals surface area contributed by atoms with Crippen LogP contribution < -0.4 is 15.2 Å². The van der Waals surface area contributed by atoms with Gasteiger partial charge < -0.3 is 25.1 Å². The molecule has 0 saturated carbocycles. The lowest BCUT2D eigenvalue weighted by atomic mass is 9.82. The Morgan fingerprint density at radius 1 is 0.865 bits per heavy atom. The molecule has 0 radical (unpaired) electrons. The molecule has 0 bridgehead atoms. The number of benzene rings is 1. The van der Waals surface area contributed by atoms with E-state index in [9.17, 15) is 24.3 Å². The van der Waals surface area contributed by atoms with Crippen molar-refractivity contribution < 1.29 is 38.5 Å². The lowest BCUT2D eigenvalue weighted by Gasteiger charge is -2.29. The van der Waals surface area contributed by atoms with E-state index in [4.69, 9.17) is 19.9 Å². The highest BCUT2D eigenvalue weighted by molar-refractivity contribution is 5.81. The van der Waals surface area contributed by atoms with Crippen molar-refractivity contribution in [2.45, 2.75) is 81.2 Å². The number of rotatable bonds is 10. The van der Waals surface area contributed by atoms with Gasteiger partial charge in [-0.1, -0.05) is 33.8 Å². The van der Waals surface area contributed by atoms with E-state index in [1.807, 2.05) is 13.8 Å². The average molecular weight is 522 g/mol. The zero-order valence-electron chi connectivity index (χ0n) is 23.7. The predicted molar refractivity (Wildman–Crippen MR) is 139 cm³/mol. The molecule has 1 rings (SSSR count). The Labute approximate surface area is 220 Å². The van der Waals surface area contributed by atoms with E-state index in [1.165, 1.54) is 12.1 Å². The minimum atomic E-state index is -1.34. The van der Waals surface area contributed by atoms with Gasteiger partial charge in [-0.05, 0) is 71.1 Å². The van der Waals surface area contributed by atoms with Crippen molar-refractivity contribution in [1.29, 1.82) is 0 Å². The number of carboxylic acids is 1. The third kappa shape index (κ3) is 9.14. The van der Waals surface area contributed by atoms with E-state index in [-0.39, 0.29) is 35.9 Å². The van der Waals surface area contributed by atoms with Crippen LogP contribution in [0.3, 0.4) is 0 Å². The van der Waals surface area contributed by atoms with Crippen LogP contribution in [0.2, 0.25) is 0 Å². The Morgan fingerprint density at radius 2 is 1.35 bits per heavy atom. The number of esters is 3. The highest BCUT2D eigenvalue weighted by atomic mass is 16.6. The largest absolute Gasteiger partial charge is 0.480 e. The molecule has 0 aliphatic carbocycles. The summed E-state index contributed by atoms with van der Waals surface area (Å²) in [5.41, 5.74) is 4.83. The molecule has 0 saturated heterocycles. The summed E-state index contributed by atoms with van der Waals surface area (Å²) in [5, 5.41) is 9.70. The molecule has 0 fully saturated rings. The predicted octanol–water partition coefficient (Wildman–Crippen LogP) is 4.56. The van der Waals surface area contributed by atoms with Crippen molar-refractivity contribution >= 4 is 23.9 Å². The summed E-state index contributed by atoms with van der Waals surface area (Å²) in [5.74, 6) is -4.27. The van der Waals surface area contributed by atoms with Gasteiger partial charge in [0.15, 0.2) is 11.5 Å². The van der Waals surface area contributed by atoms with Crippen molar-refractivity contribution in [1.82, 2.24) is 0 Å². The Kier molecular flexibility index (Phi) is 10.9. The standard InChI is InChI=1S/C28H43NO8/c1-15(2)17(4)24(32)35-14-16(3)21(22(29)23(30)31)18-11-12-19(36-25(33)27(5,6)7)20(13-18)37-26(34)28(8,9)10/h11-13,15-17,21-22H,14,29H2,1-10H3,(H,30,31)/t16?,17?,21?,22-/m0/s1. The van der Waals surface area contributed by atoms with Crippen LogP contribution in [0.1, 0.15) is 80.7 Å². The van der Waals surface area contributed by atoms with Gasteiger partial charge >= 0.3 is 23.9 Å². The highest BCUT2D eigenvalue weighted by Crippen LogP contribution is 2.37. The Bertz CT molecular complexity index is 987. The first kappa shape index (κ1) is 32.1. The number of carbonyl (C=O) groups is 4. The zero-order valence-corrected chi connectivity index (χ0v) is 23.7. The van der Waals surface area contributed by atoms with Gasteiger partial charge in [0.25, 0.3) is 0 Å². The maximum absolute atomic E-state index is 12.7. The van der Waals surface area contributed by atoms with Gasteiger partial charge in [0.05, 0.1) is 23.4 Å². The quantitative estimate of drug-likeness (QED) is 0.335. The second-order valence-electron chi connectivity index (χ2n) is 12.0. The smallest absolute Gasteiger partial charge is 0.321 e. The first-order valence-corrected chi connectivity index (χ1v) is 12.5. The average Bonchev–Trinajstić information content (AvgIpc) is 2.76. The molecule has 1 aromatic carbocycles. The fourth-order valence-corrected chi connectivity index (χ4v) is 3.17. The first-order valence-electron chi connectivity index (χ1n) is 12.5. The second kappa shape index (κ2) is 12.5. The van der Waals surface area contributed by atoms with E-state index >= 15 is 0 Å². The zero-order chi connectivity index (χ0) is 28.9.